The van der Waals surface area contributed by atoms with E-state index in [1.807, 2.05) is 0 Å². The van der Waals surface area contributed by atoms with Gasteiger partial charge in [0.1, 0.15) is 6.10 Å². The van der Waals surface area contributed by atoms with E-state index in [2.05, 4.69) is 20.1 Å². The summed E-state index contributed by atoms with van der Waals surface area (Å²) < 4.78 is 10.3. The smallest absolute Gasteiger partial charge is 0.330 e. The van der Waals surface area contributed by atoms with E-state index in [9.17, 15) is 9.59 Å². The molecule has 144 valence electrons. The molecule has 0 rings (SSSR count). The van der Waals surface area contributed by atoms with Crippen LogP contribution in [-0.4, -0.2) is 24.6 Å². The van der Waals surface area contributed by atoms with E-state index in [4.69, 9.17) is 9.47 Å². The summed E-state index contributed by atoms with van der Waals surface area (Å²) in [6.45, 7) is 9.47. The Morgan fingerprint density at radius 1 is 0.800 bits per heavy atom. The van der Waals surface area contributed by atoms with Gasteiger partial charge in [0.2, 0.25) is 0 Å². The van der Waals surface area contributed by atoms with E-state index in [0.717, 1.165) is 44.9 Å². The Labute approximate surface area is 153 Å². The molecule has 0 spiro atoms. The summed E-state index contributed by atoms with van der Waals surface area (Å²) in [5.74, 6) is -0.643. The largest absolute Gasteiger partial charge is 0.463 e. The first-order valence-electron chi connectivity index (χ1n) is 9.76. The number of carbonyl (C=O) groups excluding carboxylic acids is 2. The standard InChI is InChI=1S/C21H36O4/c1-4-7-16-19(25-21(23)6-3)17-14-12-10-8-9-11-13-15-18-24-20(22)5-2/h5-6,19H,2-4,7-18H2,1H3. The van der Waals surface area contributed by atoms with Crippen LogP contribution in [0.15, 0.2) is 25.3 Å². The molecule has 0 heterocycles. The summed E-state index contributed by atoms with van der Waals surface area (Å²) in [6, 6.07) is 0. The second-order valence-corrected chi connectivity index (χ2v) is 6.39. The highest BCUT2D eigenvalue weighted by atomic mass is 16.5. The number of ether oxygens (including phenoxy) is 2. The first-order valence-corrected chi connectivity index (χ1v) is 9.76. The molecule has 0 aromatic carbocycles. The van der Waals surface area contributed by atoms with Gasteiger partial charge in [0.25, 0.3) is 0 Å². The predicted octanol–water partition coefficient (Wildman–Crippen LogP) is 5.51. The van der Waals surface area contributed by atoms with Crippen molar-refractivity contribution in [2.45, 2.75) is 90.1 Å². The van der Waals surface area contributed by atoms with Gasteiger partial charge in [0.05, 0.1) is 6.61 Å². The van der Waals surface area contributed by atoms with Crippen LogP contribution in [-0.2, 0) is 19.1 Å². The summed E-state index contributed by atoms with van der Waals surface area (Å²) in [5, 5.41) is 0. The minimum Gasteiger partial charge on any atom is -0.463 e. The van der Waals surface area contributed by atoms with Crippen molar-refractivity contribution in [3.63, 3.8) is 0 Å². The van der Waals surface area contributed by atoms with Gasteiger partial charge in [-0.15, -0.1) is 0 Å². The highest BCUT2D eigenvalue weighted by Crippen LogP contribution is 2.16. The van der Waals surface area contributed by atoms with Gasteiger partial charge >= 0.3 is 11.9 Å². The number of rotatable bonds is 17. The van der Waals surface area contributed by atoms with E-state index < -0.39 is 0 Å². The molecule has 4 heteroatoms. The molecule has 0 aliphatic heterocycles. The van der Waals surface area contributed by atoms with Gasteiger partial charge in [0, 0.05) is 12.2 Å². The normalized spacial score (nSPS) is 11.6. The van der Waals surface area contributed by atoms with E-state index in [1.54, 1.807) is 0 Å². The van der Waals surface area contributed by atoms with Gasteiger partial charge in [-0.3, -0.25) is 0 Å². The molecule has 4 nitrogen and oxygen atoms in total. The van der Waals surface area contributed by atoms with Crippen molar-refractivity contribution in [1.29, 1.82) is 0 Å². The van der Waals surface area contributed by atoms with Gasteiger partial charge in [0.15, 0.2) is 0 Å². The Hall–Kier alpha value is -1.58. The summed E-state index contributed by atoms with van der Waals surface area (Å²) in [4.78, 5) is 22.2. The first-order chi connectivity index (χ1) is 12.1. The molecule has 0 aromatic heterocycles. The fourth-order valence-corrected chi connectivity index (χ4v) is 2.67. The van der Waals surface area contributed by atoms with E-state index in [-0.39, 0.29) is 18.0 Å². The molecule has 0 amide bonds. The molecule has 0 saturated carbocycles. The van der Waals surface area contributed by atoms with Gasteiger partial charge in [-0.1, -0.05) is 71.4 Å². The average molecular weight is 353 g/mol. The van der Waals surface area contributed by atoms with Crippen molar-refractivity contribution in [3.05, 3.63) is 25.3 Å². The molecule has 0 N–H and O–H groups in total. The van der Waals surface area contributed by atoms with Gasteiger partial charge in [-0.2, -0.15) is 0 Å². The van der Waals surface area contributed by atoms with Crippen LogP contribution in [0.1, 0.15) is 84.0 Å². The number of carbonyl (C=O) groups is 2. The number of hydrogen-bond donors (Lipinski definition) is 0. The first kappa shape index (κ1) is 23.4. The molecule has 1 atom stereocenters. The number of hydrogen-bond acceptors (Lipinski definition) is 4. The van der Waals surface area contributed by atoms with Crippen LogP contribution in [0, 0.1) is 0 Å². The Morgan fingerprint density at radius 3 is 1.88 bits per heavy atom. The molecular formula is C21H36O4. The zero-order valence-electron chi connectivity index (χ0n) is 16.0. The second kappa shape index (κ2) is 17.2. The van der Waals surface area contributed by atoms with E-state index >= 15 is 0 Å². The van der Waals surface area contributed by atoms with Crippen LogP contribution in [0.25, 0.3) is 0 Å². The van der Waals surface area contributed by atoms with Crippen molar-refractivity contribution in [3.8, 4) is 0 Å². The van der Waals surface area contributed by atoms with Crippen molar-refractivity contribution in [1.82, 2.24) is 0 Å². The summed E-state index contributed by atoms with van der Waals surface area (Å²) >= 11 is 0. The van der Waals surface area contributed by atoms with Crippen LogP contribution in [0.2, 0.25) is 0 Å². The fraction of sp³-hybridized carbons (Fsp3) is 0.714. The lowest BCUT2D eigenvalue weighted by atomic mass is 10.0. The average Bonchev–Trinajstić information content (AvgIpc) is 2.63. The summed E-state index contributed by atoms with van der Waals surface area (Å²) in [6.07, 6.45) is 15.8. The molecule has 0 bridgehead atoms. The Kier molecular flexibility index (Phi) is 16.2. The topological polar surface area (TPSA) is 52.6 Å². The Balaban J connectivity index is 3.52. The zero-order chi connectivity index (χ0) is 18.8. The van der Waals surface area contributed by atoms with Crippen molar-refractivity contribution in [2.75, 3.05) is 6.61 Å². The third-order valence-corrected chi connectivity index (χ3v) is 4.16. The monoisotopic (exact) mass is 352 g/mol. The lowest BCUT2D eigenvalue weighted by molar-refractivity contribution is -0.143. The Bertz CT molecular complexity index is 376. The van der Waals surface area contributed by atoms with E-state index in [1.165, 1.54) is 44.3 Å². The highest BCUT2D eigenvalue weighted by molar-refractivity contribution is 5.81. The van der Waals surface area contributed by atoms with Crippen LogP contribution in [0.3, 0.4) is 0 Å². The molecular weight excluding hydrogens is 316 g/mol. The molecule has 0 aromatic rings. The van der Waals surface area contributed by atoms with Gasteiger partial charge < -0.3 is 9.47 Å². The lowest BCUT2D eigenvalue weighted by Gasteiger charge is -2.16. The summed E-state index contributed by atoms with van der Waals surface area (Å²) in [5.41, 5.74) is 0. The number of unbranched alkanes of at least 4 members (excludes halogenated alkanes) is 8. The van der Waals surface area contributed by atoms with Crippen LogP contribution in [0.5, 0.6) is 0 Å². The highest BCUT2D eigenvalue weighted by Gasteiger charge is 2.11. The SMILES string of the molecule is C=CC(=O)OCCCCCCCCCCC(CCCC)OC(=O)C=C. The second-order valence-electron chi connectivity index (χ2n) is 6.39. The fourth-order valence-electron chi connectivity index (χ4n) is 2.67. The quantitative estimate of drug-likeness (QED) is 0.197. The molecule has 1 unspecified atom stereocenters. The third-order valence-electron chi connectivity index (χ3n) is 4.16. The number of esters is 2. The third kappa shape index (κ3) is 15.7. The van der Waals surface area contributed by atoms with Crippen molar-refractivity contribution < 1.29 is 19.1 Å². The zero-order valence-corrected chi connectivity index (χ0v) is 16.0. The molecule has 0 aliphatic carbocycles. The van der Waals surface area contributed by atoms with Gasteiger partial charge in [-0.05, 0) is 25.7 Å². The van der Waals surface area contributed by atoms with Crippen molar-refractivity contribution >= 4 is 11.9 Å². The van der Waals surface area contributed by atoms with Crippen LogP contribution in [0.4, 0.5) is 0 Å². The Morgan fingerprint density at radius 2 is 1.32 bits per heavy atom. The molecule has 0 radical (unpaired) electrons. The van der Waals surface area contributed by atoms with Crippen LogP contribution < -0.4 is 0 Å². The van der Waals surface area contributed by atoms with Gasteiger partial charge in [-0.25, -0.2) is 9.59 Å². The predicted molar refractivity (Wildman–Crippen MR) is 102 cm³/mol. The maximum absolute atomic E-state index is 11.3. The maximum atomic E-state index is 11.3. The van der Waals surface area contributed by atoms with E-state index in [0.29, 0.717) is 6.61 Å². The molecule has 0 fully saturated rings. The van der Waals surface area contributed by atoms with Crippen molar-refractivity contribution in [2.24, 2.45) is 0 Å². The molecule has 0 aliphatic rings. The minimum absolute atomic E-state index is 0.0451. The maximum Gasteiger partial charge on any atom is 0.330 e. The molecule has 0 saturated heterocycles. The lowest BCUT2D eigenvalue weighted by Crippen LogP contribution is -2.16. The molecule has 25 heavy (non-hydrogen) atoms. The summed E-state index contributed by atoms with van der Waals surface area (Å²) in [7, 11) is 0. The minimum atomic E-state index is -0.337. The van der Waals surface area contributed by atoms with Crippen LogP contribution >= 0.6 is 0 Å².